The minimum Gasteiger partial charge on any atom is -0.354 e. The zero-order valence-corrected chi connectivity index (χ0v) is 15.4. The molecule has 0 bridgehead atoms. The van der Waals surface area contributed by atoms with E-state index in [1.54, 1.807) is 10.8 Å². The molecule has 1 aliphatic carbocycles. The second kappa shape index (κ2) is 6.61. The van der Waals surface area contributed by atoms with Crippen molar-refractivity contribution in [3.63, 3.8) is 0 Å². The number of halogens is 1. The SMILES string of the molecule is Cc1cc(Cl)n2ncnc(N3CC(CCN([SH]=O)C4CCC4)C3)c12. The van der Waals surface area contributed by atoms with Gasteiger partial charge in [-0.15, -0.1) is 0 Å². The minimum absolute atomic E-state index is 0.182. The van der Waals surface area contributed by atoms with Gasteiger partial charge in [0.15, 0.2) is 5.82 Å². The van der Waals surface area contributed by atoms with Gasteiger partial charge in [-0.25, -0.2) is 18.0 Å². The highest BCUT2D eigenvalue weighted by molar-refractivity contribution is 7.63. The molecule has 3 heterocycles. The van der Waals surface area contributed by atoms with Crippen LogP contribution in [0.1, 0.15) is 31.2 Å². The highest BCUT2D eigenvalue weighted by Gasteiger charge is 2.31. The Morgan fingerprint density at radius 1 is 1.42 bits per heavy atom. The molecule has 0 spiro atoms. The molecule has 8 heteroatoms. The number of anilines is 1. The maximum atomic E-state index is 11.3. The Kier molecular flexibility index (Phi) is 4.49. The molecule has 2 aliphatic rings. The second-order valence-corrected chi connectivity index (χ2v) is 7.95. The van der Waals surface area contributed by atoms with Gasteiger partial charge in [-0.2, -0.15) is 5.10 Å². The zero-order chi connectivity index (χ0) is 16.7. The Balaban J connectivity index is 1.38. The van der Waals surface area contributed by atoms with E-state index >= 15 is 0 Å². The summed E-state index contributed by atoms with van der Waals surface area (Å²) < 4.78 is 15.2. The van der Waals surface area contributed by atoms with Crippen LogP contribution in [0.5, 0.6) is 0 Å². The van der Waals surface area contributed by atoms with E-state index in [2.05, 4.69) is 19.3 Å². The average Bonchev–Trinajstić information content (AvgIpc) is 2.78. The third kappa shape index (κ3) is 2.82. The number of aromatic nitrogens is 3. The van der Waals surface area contributed by atoms with Gasteiger partial charge < -0.3 is 4.90 Å². The molecular formula is C16H22ClN5OS. The predicted octanol–water partition coefficient (Wildman–Crippen LogP) is 2.23. The molecule has 1 saturated carbocycles. The van der Waals surface area contributed by atoms with Gasteiger partial charge in [-0.1, -0.05) is 18.0 Å². The van der Waals surface area contributed by atoms with Gasteiger partial charge in [-0.05, 0) is 43.7 Å². The summed E-state index contributed by atoms with van der Waals surface area (Å²) in [6, 6.07) is 2.46. The van der Waals surface area contributed by atoms with E-state index in [1.807, 2.05) is 13.0 Å². The van der Waals surface area contributed by atoms with E-state index in [0.717, 1.165) is 43.0 Å². The fourth-order valence-corrected chi connectivity index (χ4v) is 4.46. The maximum Gasteiger partial charge on any atom is 0.156 e. The summed E-state index contributed by atoms with van der Waals surface area (Å²) in [6.07, 6.45) is 6.31. The number of thiol groups is 1. The van der Waals surface area contributed by atoms with Crippen LogP contribution in [0.15, 0.2) is 12.4 Å². The van der Waals surface area contributed by atoms with Crippen LogP contribution in [0.3, 0.4) is 0 Å². The van der Waals surface area contributed by atoms with Gasteiger partial charge in [0, 0.05) is 25.7 Å². The molecule has 2 fully saturated rings. The van der Waals surface area contributed by atoms with E-state index in [0.29, 0.717) is 17.1 Å². The Morgan fingerprint density at radius 2 is 2.21 bits per heavy atom. The van der Waals surface area contributed by atoms with Crippen molar-refractivity contribution in [2.45, 2.75) is 38.6 Å². The third-order valence-electron chi connectivity index (χ3n) is 5.31. The monoisotopic (exact) mass is 367 g/mol. The number of nitrogens with zero attached hydrogens (tertiary/aromatic N) is 5. The number of aryl methyl sites for hydroxylation is 1. The van der Waals surface area contributed by atoms with E-state index in [4.69, 9.17) is 11.6 Å². The summed E-state index contributed by atoms with van der Waals surface area (Å²) in [6.45, 7) is 4.94. The normalized spacial score (nSPS) is 19.0. The van der Waals surface area contributed by atoms with Crippen LogP contribution in [0.2, 0.25) is 5.15 Å². The highest BCUT2D eigenvalue weighted by atomic mass is 35.5. The topological polar surface area (TPSA) is 53.7 Å². The van der Waals surface area contributed by atoms with Crippen molar-refractivity contribution in [1.29, 1.82) is 0 Å². The summed E-state index contributed by atoms with van der Waals surface area (Å²) in [5.41, 5.74) is 2.09. The fourth-order valence-electron chi connectivity index (χ4n) is 3.61. The quantitative estimate of drug-likeness (QED) is 0.795. The van der Waals surface area contributed by atoms with Gasteiger partial charge >= 0.3 is 0 Å². The summed E-state index contributed by atoms with van der Waals surface area (Å²) in [5, 5.41) is 4.85. The molecule has 2 aromatic rings. The molecule has 1 saturated heterocycles. The molecular weight excluding hydrogens is 346 g/mol. The lowest BCUT2D eigenvalue weighted by atomic mass is 9.92. The largest absolute Gasteiger partial charge is 0.354 e. The Bertz CT molecular complexity index is 756. The molecule has 0 N–H and O–H groups in total. The minimum atomic E-state index is 0.182. The number of hydrogen-bond acceptors (Lipinski definition) is 4. The first-order chi connectivity index (χ1) is 11.7. The van der Waals surface area contributed by atoms with E-state index in [9.17, 15) is 4.21 Å². The van der Waals surface area contributed by atoms with Crippen molar-refractivity contribution in [1.82, 2.24) is 18.9 Å². The van der Waals surface area contributed by atoms with Crippen molar-refractivity contribution in [2.75, 3.05) is 24.5 Å². The average molecular weight is 368 g/mol. The first-order valence-electron chi connectivity index (χ1n) is 8.51. The summed E-state index contributed by atoms with van der Waals surface area (Å²) in [7, 11) is 0. The van der Waals surface area contributed by atoms with Crippen LogP contribution < -0.4 is 4.90 Å². The summed E-state index contributed by atoms with van der Waals surface area (Å²) in [5.74, 6) is 1.60. The first kappa shape index (κ1) is 16.3. The van der Waals surface area contributed by atoms with Gasteiger partial charge in [0.2, 0.25) is 0 Å². The van der Waals surface area contributed by atoms with Crippen molar-refractivity contribution >= 4 is 34.8 Å². The maximum absolute atomic E-state index is 11.3. The van der Waals surface area contributed by atoms with Crippen LogP contribution in [-0.2, 0) is 11.9 Å². The predicted molar refractivity (Wildman–Crippen MR) is 96.9 cm³/mol. The van der Waals surface area contributed by atoms with Gasteiger partial charge in [0.25, 0.3) is 0 Å². The Labute approximate surface area is 150 Å². The van der Waals surface area contributed by atoms with Crippen molar-refractivity contribution in [2.24, 2.45) is 5.92 Å². The van der Waals surface area contributed by atoms with Crippen molar-refractivity contribution in [3.8, 4) is 0 Å². The first-order valence-corrected chi connectivity index (χ1v) is 9.65. The lowest BCUT2D eigenvalue weighted by molar-refractivity contribution is 0.214. The molecule has 0 aromatic carbocycles. The third-order valence-corrected chi connectivity index (χ3v) is 6.31. The van der Waals surface area contributed by atoms with Crippen LogP contribution in [-0.4, -0.2) is 48.8 Å². The molecule has 0 unspecified atom stereocenters. The molecule has 2 aromatic heterocycles. The Hall–Kier alpha value is -1.18. The van der Waals surface area contributed by atoms with Gasteiger partial charge in [-0.3, -0.25) is 0 Å². The van der Waals surface area contributed by atoms with Crippen LogP contribution in [0.4, 0.5) is 5.82 Å². The second-order valence-electron chi connectivity index (χ2n) is 6.88. The fraction of sp³-hybridized carbons (Fsp3) is 0.625. The van der Waals surface area contributed by atoms with E-state index < -0.39 is 0 Å². The number of hydrogen-bond donors (Lipinski definition) is 1. The summed E-state index contributed by atoms with van der Waals surface area (Å²) >= 11 is 6.39. The van der Waals surface area contributed by atoms with E-state index in [-0.39, 0.29) is 11.9 Å². The molecule has 4 rings (SSSR count). The van der Waals surface area contributed by atoms with Gasteiger partial charge in [0.05, 0.1) is 11.9 Å². The number of rotatable bonds is 6. The smallest absolute Gasteiger partial charge is 0.156 e. The lowest BCUT2D eigenvalue weighted by Crippen LogP contribution is -2.49. The van der Waals surface area contributed by atoms with Crippen LogP contribution >= 0.6 is 11.6 Å². The molecule has 1 aliphatic heterocycles. The van der Waals surface area contributed by atoms with Crippen molar-refractivity contribution < 1.29 is 4.21 Å². The molecule has 130 valence electrons. The van der Waals surface area contributed by atoms with Crippen LogP contribution in [0.25, 0.3) is 5.52 Å². The van der Waals surface area contributed by atoms with Crippen molar-refractivity contribution in [3.05, 3.63) is 23.1 Å². The summed E-state index contributed by atoms with van der Waals surface area (Å²) in [4.78, 5) is 6.76. The number of fused-ring (bicyclic) bond motifs is 1. The molecule has 0 radical (unpaired) electrons. The molecule has 0 atom stereocenters. The van der Waals surface area contributed by atoms with E-state index in [1.165, 1.54) is 19.3 Å². The molecule has 6 nitrogen and oxygen atoms in total. The van der Waals surface area contributed by atoms with Crippen LogP contribution in [0, 0.1) is 12.8 Å². The molecule has 0 amide bonds. The zero-order valence-electron chi connectivity index (χ0n) is 13.7. The van der Waals surface area contributed by atoms with Gasteiger partial charge in [0.1, 0.15) is 17.0 Å². The standard InChI is InChI=1S/C16H22ClN5OS/c1-11-7-14(17)22-15(11)16(18-10-19-22)20-8-12(9-20)5-6-21(24-23)13-3-2-4-13/h7,10,12-13,24H,2-6,8-9H2,1H3. The molecule has 24 heavy (non-hydrogen) atoms. The Morgan fingerprint density at radius 3 is 2.88 bits per heavy atom. The highest BCUT2D eigenvalue weighted by Crippen LogP contribution is 2.32. The lowest BCUT2D eigenvalue weighted by Gasteiger charge is -2.42.